The van der Waals surface area contributed by atoms with Crippen LogP contribution in [0.1, 0.15) is 26.7 Å². The van der Waals surface area contributed by atoms with Gasteiger partial charge in [0.1, 0.15) is 0 Å². The number of rotatable bonds is 4. The quantitative estimate of drug-likeness (QED) is 0.666. The van der Waals surface area contributed by atoms with E-state index in [9.17, 15) is 0 Å². The molecule has 0 unspecified atom stereocenters. The van der Waals surface area contributed by atoms with Crippen LogP contribution in [-0.4, -0.2) is 27.1 Å². The molecule has 1 aliphatic heterocycles. The van der Waals surface area contributed by atoms with Gasteiger partial charge < -0.3 is 0 Å². The summed E-state index contributed by atoms with van der Waals surface area (Å²) < 4.78 is 0.542. The molecule has 0 spiro atoms. The van der Waals surface area contributed by atoms with E-state index in [0.29, 0.717) is 4.08 Å². The van der Waals surface area contributed by atoms with Crippen molar-refractivity contribution in [3.63, 3.8) is 0 Å². The normalized spacial score (nSPS) is 22.5. The molecule has 0 amide bonds. The maximum absolute atomic E-state index is 2.41. The third-order valence-corrected chi connectivity index (χ3v) is 6.23. The standard InChI is InChI=1S/C9H18S3/c1-3-10-8-5-9(2)11-6-4-7-12-9/h3-8H2,1-2H3. The molecule has 1 aliphatic rings. The summed E-state index contributed by atoms with van der Waals surface area (Å²) in [5.41, 5.74) is 0. The van der Waals surface area contributed by atoms with Gasteiger partial charge in [-0.1, -0.05) is 6.92 Å². The van der Waals surface area contributed by atoms with Gasteiger partial charge in [0.2, 0.25) is 0 Å². The summed E-state index contributed by atoms with van der Waals surface area (Å²) in [4.78, 5) is 0. The molecule has 0 aliphatic carbocycles. The lowest BCUT2D eigenvalue weighted by atomic mass is 10.3. The zero-order chi connectivity index (χ0) is 8.86. The van der Waals surface area contributed by atoms with E-state index in [1.54, 1.807) is 0 Å². The van der Waals surface area contributed by atoms with Gasteiger partial charge in [-0.3, -0.25) is 0 Å². The Morgan fingerprint density at radius 1 is 1.33 bits per heavy atom. The van der Waals surface area contributed by atoms with Gasteiger partial charge in [0.15, 0.2) is 0 Å². The lowest BCUT2D eigenvalue weighted by Gasteiger charge is -2.32. The molecule has 72 valence electrons. The minimum atomic E-state index is 0.542. The first-order valence-electron chi connectivity index (χ1n) is 4.62. The van der Waals surface area contributed by atoms with Crippen molar-refractivity contribution in [1.82, 2.24) is 0 Å². The van der Waals surface area contributed by atoms with Crippen LogP contribution in [0.4, 0.5) is 0 Å². The molecule has 3 heteroatoms. The van der Waals surface area contributed by atoms with Crippen LogP contribution in [0.15, 0.2) is 0 Å². The van der Waals surface area contributed by atoms with Gasteiger partial charge in [-0.2, -0.15) is 11.8 Å². The summed E-state index contributed by atoms with van der Waals surface area (Å²) in [6, 6.07) is 0. The minimum Gasteiger partial charge on any atom is -0.162 e. The van der Waals surface area contributed by atoms with Crippen molar-refractivity contribution in [2.75, 3.05) is 23.0 Å². The molecule has 1 heterocycles. The SMILES string of the molecule is CCSCCC1(C)SCCCS1. The predicted octanol–water partition coefficient (Wildman–Crippen LogP) is 3.72. The average molecular weight is 222 g/mol. The van der Waals surface area contributed by atoms with Crippen LogP contribution in [0.25, 0.3) is 0 Å². The van der Waals surface area contributed by atoms with Gasteiger partial charge in [0, 0.05) is 0 Å². The molecule has 0 atom stereocenters. The highest BCUT2D eigenvalue weighted by atomic mass is 32.2. The maximum Gasteiger partial charge on any atom is 0.0590 e. The second-order valence-corrected chi connectivity index (χ2v) is 7.98. The second kappa shape index (κ2) is 5.71. The largest absolute Gasteiger partial charge is 0.162 e. The molecule has 0 bridgehead atoms. The van der Waals surface area contributed by atoms with Crippen LogP contribution < -0.4 is 0 Å². The Kier molecular flexibility index (Phi) is 5.30. The van der Waals surface area contributed by atoms with Gasteiger partial charge in [-0.15, -0.1) is 23.5 Å². The van der Waals surface area contributed by atoms with Crippen LogP contribution in [0.5, 0.6) is 0 Å². The van der Waals surface area contributed by atoms with Crippen LogP contribution in [-0.2, 0) is 0 Å². The van der Waals surface area contributed by atoms with Crippen molar-refractivity contribution in [2.45, 2.75) is 30.8 Å². The van der Waals surface area contributed by atoms with E-state index in [-0.39, 0.29) is 0 Å². The van der Waals surface area contributed by atoms with E-state index < -0.39 is 0 Å². The first kappa shape index (κ1) is 11.1. The Labute approximate surface area is 89.0 Å². The van der Waals surface area contributed by atoms with Crippen molar-refractivity contribution in [2.24, 2.45) is 0 Å². The van der Waals surface area contributed by atoms with E-state index in [0.717, 1.165) is 0 Å². The van der Waals surface area contributed by atoms with E-state index >= 15 is 0 Å². The van der Waals surface area contributed by atoms with Gasteiger partial charge >= 0.3 is 0 Å². The molecule has 0 aromatic carbocycles. The smallest absolute Gasteiger partial charge is 0.0590 e. The molecule has 0 aromatic heterocycles. The lowest BCUT2D eigenvalue weighted by molar-refractivity contribution is 0.840. The van der Waals surface area contributed by atoms with Crippen LogP contribution in [0, 0.1) is 0 Å². The van der Waals surface area contributed by atoms with E-state index in [4.69, 9.17) is 0 Å². The topological polar surface area (TPSA) is 0 Å². The Morgan fingerprint density at radius 3 is 2.58 bits per heavy atom. The fraction of sp³-hybridized carbons (Fsp3) is 1.00. The Bertz CT molecular complexity index is 119. The third-order valence-electron chi connectivity index (χ3n) is 2.01. The average Bonchev–Trinajstić information content (AvgIpc) is 2.06. The highest BCUT2D eigenvalue weighted by Gasteiger charge is 2.27. The maximum atomic E-state index is 2.41. The summed E-state index contributed by atoms with van der Waals surface area (Å²) in [6.07, 6.45) is 2.78. The lowest BCUT2D eigenvalue weighted by Crippen LogP contribution is -2.21. The fourth-order valence-corrected chi connectivity index (χ4v) is 5.27. The molecule has 1 saturated heterocycles. The molecule has 1 rings (SSSR count). The monoisotopic (exact) mass is 222 g/mol. The highest BCUT2D eigenvalue weighted by molar-refractivity contribution is 8.18. The van der Waals surface area contributed by atoms with Crippen molar-refractivity contribution in [3.05, 3.63) is 0 Å². The van der Waals surface area contributed by atoms with Gasteiger partial charge in [-0.25, -0.2) is 0 Å². The summed E-state index contributed by atoms with van der Waals surface area (Å²) >= 11 is 6.40. The van der Waals surface area contributed by atoms with Crippen molar-refractivity contribution < 1.29 is 0 Å². The first-order valence-corrected chi connectivity index (χ1v) is 7.75. The Balaban J connectivity index is 2.17. The van der Waals surface area contributed by atoms with Crippen LogP contribution >= 0.6 is 35.3 Å². The Morgan fingerprint density at radius 2 is 2.00 bits per heavy atom. The molecule has 0 radical (unpaired) electrons. The zero-order valence-corrected chi connectivity index (χ0v) is 10.4. The highest BCUT2D eigenvalue weighted by Crippen LogP contribution is 2.44. The summed E-state index contributed by atoms with van der Waals surface area (Å²) in [7, 11) is 0. The molecule has 0 saturated carbocycles. The number of hydrogen-bond acceptors (Lipinski definition) is 3. The summed E-state index contributed by atoms with van der Waals surface area (Å²) in [5, 5.41) is 0. The van der Waals surface area contributed by atoms with Gasteiger partial charge in [-0.05, 0) is 42.8 Å². The number of hydrogen-bond donors (Lipinski definition) is 0. The second-order valence-electron chi connectivity index (χ2n) is 3.13. The number of thioether (sulfide) groups is 3. The van der Waals surface area contributed by atoms with Gasteiger partial charge in [0.05, 0.1) is 4.08 Å². The predicted molar refractivity (Wildman–Crippen MR) is 65.6 cm³/mol. The van der Waals surface area contributed by atoms with Crippen LogP contribution in [0.2, 0.25) is 0 Å². The molecule has 12 heavy (non-hydrogen) atoms. The molecule has 0 aromatic rings. The first-order chi connectivity index (χ1) is 5.77. The fourth-order valence-electron chi connectivity index (χ4n) is 1.22. The van der Waals surface area contributed by atoms with E-state index in [1.807, 2.05) is 0 Å². The molecule has 0 nitrogen and oxygen atoms in total. The molecule has 0 N–H and O–H groups in total. The zero-order valence-electron chi connectivity index (χ0n) is 7.97. The third kappa shape index (κ3) is 3.84. The van der Waals surface area contributed by atoms with Crippen LogP contribution in [0.3, 0.4) is 0 Å². The van der Waals surface area contributed by atoms with E-state index in [2.05, 4.69) is 49.1 Å². The minimum absolute atomic E-state index is 0.542. The molecular weight excluding hydrogens is 204 g/mol. The van der Waals surface area contributed by atoms with Gasteiger partial charge in [0.25, 0.3) is 0 Å². The molecular formula is C9H18S3. The van der Waals surface area contributed by atoms with Crippen molar-refractivity contribution in [3.8, 4) is 0 Å². The van der Waals surface area contributed by atoms with Crippen molar-refractivity contribution in [1.29, 1.82) is 0 Å². The summed E-state index contributed by atoms with van der Waals surface area (Å²) in [5.74, 6) is 5.36. The Hall–Kier alpha value is 1.05. The summed E-state index contributed by atoms with van der Waals surface area (Å²) in [6.45, 7) is 4.66. The molecule has 1 fully saturated rings. The van der Waals surface area contributed by atoms with Crippen molar-refractivity contribution >= 4 is 35.3 Å². The van der Waals surface area contributed by atoms with E-state index in [1.165, 1.54) is 35.9 Å².